The van der Waals surface area contributed by atoms with E-state index in [1.54, 1.807) is 0 Å². The Morgan fingerprint density at radius 3 is 2.90 bits per heavy atom. The van der Waals surface area contributed by atoms with Gasteiger partial charge in [0, 0.05) is 37.7 Å². The van der Waals surface area contributed by atoms with E-state index in [1.807, 2.05) is 0 Å². The molecule has 0 aliphatic carbocycles. The molecule has 4 heteroatoms. The van der Waals surface area contributed by atoms with E-state index in [-0.39, 0.29) is 0 Å². The molecule has 3 fully saturated rings. The molecular formula is C17H33N3O. The van der Waals surface area contributed by atoms with Gasteiger partial charge in [0.15, 0.2) is 0 Å². The summed E-state index contributed by atoms with van der Waals surface area (Å²) in [6.07, 6.45) is 6.72. The van der Waals surface area contributed by atoms with Crippen molar-refractivity contribution in [2.75, 3.05) is 60.0 Å². The number of nitrogens with zero attached hydrogens (tertiary/aromatic N) is 2. The minimum Gasteiger partial charge on any atom is -0.381 e. The molecule has 0 bridgehead atoms. The molecule has 3 rings (SSSR count). The zero-order valence-corrected chi connectivity index (χ0v) is 13.9. The summed E-state index contributed by atoms with van der Waals surface area (Å²) < 4.78 is 5.83. The van der Waals surface area contributed by atoms with Crippen LogP contribution in [0, 0.1) is 11.3 Å². The van der Waals surface area contributed by atoms with Gasteiger partial charge < -0.3 is 19.9 Å². The highest BCUT2D eigenvalue weighted by molar-refractivity contribution is 4.93. The standard InChI is InChI=1S/C17H33N3O/c1-18-12-17(7-4-10-21-14-17)13-20-9-6-16-15(11-20)5-3-8-19(16)2/h15-16,18H,3-14H2,1-2H3. The lowest BCUT2D eigenvalue weighted by atomic mass is 9.79. The van der Waals surface area contributed by atoms with Gasteiger partial charge in [0.25, 0.3) is 0 Å². The Hall–Kier alpha value is -0.160. The lowest BCUT2D eigenvalue weighted by molar-refractivity contribution is -0.0423. The normalized spacial score (nSPS) is 39.1. The average Bonchev–Trinajstić information content (AvgIpc) is 2.48. The molecule has 3 saturated heterocycles. The lowest BCUT2D eigenvalue weighted by Crippen LogP contribution is -2.56. The van der Waals surface area contributed by atoms with Crippen molar-refractivity contribution >= 4 is 0 Å². The van der Waals surface area contributed by atoms with Crippen LogP contribution in [0.2, 0.25) is 0 Å². The van der Waals surface area contributed by atoms with Crippen LogP contribution < -0.4 is 5.32 Å². The van der Waals surface area contributed by atoms with Crippen molar-refractivity contribution in [3.8, 4) is 0 Å². The third kappa shape index (κ3) is 3.61. The van der Waals surface area contributed by atoms with Crippen LogP contribution in [-0.2, 0) is 4.74 Å². The number of piperidine rings is 2. The van der Waals surface area contributed by atoms with E-state index in [2.05, 4.69) is 29.2 Å². The fraction of sp³-hybridized carbons (Fsp3) is 1.00. The van der Waals surface area contributed by atoms with E-state index in [9.17, 15) is 0 Å². The highest BCUT2D eigenvalue weighted by Crippen LogP contribution is 2.34. The van der Waals surface area contributed by atoms with E-state index < -0.39 is 0 Å². The van der Waals surface area contributed by atoms with Crippen LogP contribution in [0.1, 0.15) is 32.1 Å². The number of likely N-dealkylation sites (tertiary alicyclic amines) is 2. The van der Waals surface area contributed by atoms with Crippen molar-refractivity contribution in [3.63, 3.8) is 0 Å². The van der Waals surface area contributed by atoms with Crippen LogP contribution in [-0.4, -0.2) is 75.9 Å². The molecule has 0 spiro atoms. The van der Waals surface area contributed by atoms with E-state index in [0.29, 0.717) is 5.41 Å². The molecular weight excluding hydrogens is 262 g/mol. The van der Waals surface area contributed by atoms with Crippen molar-refractivity contribution in [1.82, 2.24) is 15.1 Å². The highest BCUT2D eigenvalue weighted by Gasteiger charge is 2.39. The number of ether oxygens (including phenoxy) is 1. The first-order chi connectivity index (χ1) is 10.2. The molecule has 0 amide bonds. The topological polar surface area (TPSA) is 27.7 Å². The van der Waals surface area contributed by atoms with Gasteiger partial charge in [0.05, 0.1) is 6.61 Å². The second-order valence-corrected chi connectivity index (χ2v) is 7.66. The van der Waals surface area contributed by atoms with Crippen molar-refractivity contribution in [1.29, 1.82) is 0 Å². The molecule has 0 aromatic carbocycles. The van der Waals surface area contributed by atoms with Crippen LogP contribution in [0.25, 0.3) is 0 Å². The van der Waals surface area contributed by atoms with Gasteiger partial charge in [-0.2, -0.15) is 0 Å². The Morgan fingerprint density at radius 1 is 1.24 bits per heavy atom. The van der Waals surface area contributed by atoms with Crippen molar-refractivity contribution in [2.24, 2.45) is 11.3 Å². The summed E-state index contributed by atoms with van der Waals surface area (Å²) in [6.45, 7) is 8.10. The maximum absolute atomic E-state index is 5.83. The third-order valence-corrected chi connectivity index (χ3v) is 5.94. The van der Waals surface area contributed by atoms with E-state index in [0.717, 1.165) is 31.7 Å². The summed E-state index contributed by atoms with van der Waals surface area (Å²) in [5, 5.41) is 3.42. The molecule has 0 radical (unpaired) electrons. The summed E-state index contributed by atoms with van der Waals surface area (Å²) in [5.41, 5.74) is 0.348. The predicted molar refractivity (Wildman–Crippen MR) is 86.6 cm³/mol. The Morgan fingerprint density at radius 2 is 2.14 bits per heavy atom. The molecule has 0 saturated carbocycles. The first-order valence-electron chi connectivity index (χ1n) is 8.87. The summed E-state index contributed by atoms with van der Waals surface area (Å²) in [7, 11) is 4.41. The minimum absolute atomic E-state index is 0.348. The second kappa shape index (κ2) is 6.95. The molecule has 3 heterocycles. The molecule has 21 heavy (non-hydrogen) atoms. The Labute approximate surface area is 130 Å². The molecule has 3 aliphatic heterocycles. The SMILES string of the molecule is CNCC1(CN2CCC3C(CCCN3C)C2)CCCOC1. The maximum Gasteiger partial charge on any atom is 0.0546 e. The zero-order chi connectivity index (χ0) is 14.7. The number of hydrogen-bond donors (Lipinski definition) is 1. The highest BCUT2D eigenvalue weighted by atomic mass is 16.5. The van der Waals surface area contributed by atoms with Crippen molar-refractivity contribution < 1.29 is 4.74 Å². The number of fused-ring (bicyclic) bond motifs is 1. The fourth-order valence-electron chi connectivity index (χ4n) is 4.95. The fourth-order valence-corrected chi connectivity index (χ4v) is 4.95. The van der Waals surface area contributed by atoms with Gasteiger partial charge in [0.1, 0.15) is 0 Å². The van der Waals surface area contributed by atoms with Crippen LogP contribution >= 0.6 is 0 Å². The molecule has 0 aromatic heterocycles. The third-order valence-electron chi connectivity index (χ3n) is 5.94. The quantitative estimate of drug-likeness (QED) is 0.849. The molecule has 122 valence electrons. The Balaban J connectivity index is 1.59. The maximum atomic E-state index is 5.83. The first-order valence-corrected chi connectivity index (χ1v) is 8.87. The van der Waals surface area contributed by atoms with E-state index >= 15 is 0 Å². The molecule has 4 nitrogen and oxygen atoms in total. The van der Waals surface area contributed by atoms with Crippen LogP contribution in [0.15, 0.2) is 0 Å². The van der Waals surface area contributed by atoms with Gasteiger partial charge in [-0.25, -0.2) is 0 Å². The summed E-state index contributed by atoms with van der Waals surface area (Å²) in [6, 6.07) is 0.845. The largest absolute Gasteiger partial charge is 0.381 e. The summed E-state index contributed by atoms with van der Waals surface area (Å²) in [5.74, 6) is 0.897. The van der Waals surface area contributed by atoms with Gasteiger partial charge in [-0.3, -0.25) is 0 Å². The number of nitrogens with one attached hydrogen (secondary N) is 1. The number of hydrogen-bond acceptors (Lipinski definition) is 4. The summed E-state index contributed by atoms with van der Waals surface area (Å²) >= 11 is 0. The monoisotopic (exact) mass is 295 g/mol. The van der Waals surface area contributed by atoms with Crippen molar-refractivity contribution in [3.05, 3.63) is 0 Å². The zero-order valence-electron chi connectivity index (χ0n) is 13.9. The van der Waals surface area contributed by atoms with Crippen LogP contribution in [0.3, 0.4) is 0 Å². The van der Waals surface area contributed by atoms with Gasteiger partial charge in [-0.15, -0.1) is 0 Å². The first kappa shape index (κ1) is 15.7. The minimum atomic E-state index is 0.348. The van der Waals surface area contributed by atoms with Crippen molar-refractivity contribution in [2.45, 2.75) is 38.1 Å². The molecule has 3 unspecified atom stereocenters. The number of rotatable bonds is 4. The molecule has 1 N–H and O–H groups in total. The van der Waals surface area contributed by atoms with Crippen LogP contribution in [0.5, 0.6) is 0 Å². The Kier molecular flexibility index (Phi) is 5.20. The Bertz CT molecular complexity index is 324. The van der Waals surface area contributed by atoms with E-state index in [4.69, 9.17) is 4.74 Å². The lowest BCUT2D eigenvalue weighted by Gasteiger charge is -2.49. The predicted octanol–water partition coefficient (Wildman–Crippen LogP) is 1.42. The van der Waals surface area contributed by atoms with Gasteiger partial charge in [-0.05, 0) is 65.2 Å². The smallest absolute Gasteiger partial charge is 0.0546 e. The average molecular weight is 295 g/mol. The molecule has 0 aromatic rings. The summed E-state index contributed by atoms with van der Waals surface area (Å²) in [4.78, 5) is 5.35. The van der Waals surface area contributed by atoms with E-state index in [1.165, 1.54) is 58.3 Å². The van der Waals surface area contributed by atoms with Gasteiger partial charge in [-0.1, -0.05) is 0 Å². The van der Waals surface area contributed by atoms with Crippen LogP contribution in [0.4, 0.5) is 0 Å². The molecule has 3 atom stereocenters. The molecule has 3 aliphatic rings. The van der Waals surface area contributed by atoms with Gasteiger partial charge in [0.2, 0.25) is 0 Å². The van der Waals surface area contributed by atoms with Gasteiger partial charge >= 0.3 is 0 Å². The second-order valence-electron chi connectivity index (χ2n) is 7.66.